The molecular formula is C14H17BrCl3N3O. The minimum atomic E-state index is -1.60. The Morgan fingerprint density at radius 1 is 1.23 bits per heavy atom. The largest absolute Gasteiger partial charge is 0.332 e. The first kappa shape index (κ1) is 18.3. The fourth-order valence-electron chi connectivity index (χ4n) is 2.31. The molecule has 1 aromatic carbocycles. The number of alkyl halides is 3. The molecule has 0 bridgehead atoms. The zero-order chi connectivity index (χ0) is 16.3. The number of halogens is 4. The van der Waals surface area contributed by atoms with E-state index >= 15 is 0 Å². The van der Waals surface area contributed by atoms with Crippen molar-refractivity contribution in [2.24, 2.45) is 0 Å². The van der Waals surface area contributed by atoms with Gasteiger partial charge in [0.15, 0.2) is 0 Å². The molecule has 1 unspecified atom stereocenters. The summed E-state index contributed by atoms with van der Waals surface area (Å²) in [4.78, 5) is 16.7. The molecule has 1 saturated heterocycles. The number of carbonyl (C=O) groups excluding carboxylic acids is 1. The summed E-state index contributed by atoms with van der Waals surface area (Å²) in [5.41, 5.74) is 0.510. The van der Waals surface area contributed by atoms with Crippen molar-refractivity contribution in [2.75, 3.05) is 33.2 Å². The van der Waals surface area contributed by atoms with Gasteiger partial charge in [0.05, 0.1) is 5.56 Å². The third kappa shape index (κ3) is 4.73. The number of nitrogens with one attached hydrogen (secondary N) is 1. The molecule has 8 heteroatoms. The lowest BCUT2D eigenvalue weighted by Crippen LogP contribution is -2.60. The van der Waals surface area contributed by atoms with Crippen molar-refractivity contribution in [3.8, 4) is 0 Å². The predicted molar refractivity (Wildman–Crippen MR) is 94.8 cm³/mol. The summed E-state index contributed by atoms with van der Waals surface area (Å²) in [6.07, 6.45) is -0.675. The molecule has 0 aliphatic carbocycles. The molecule has 1 heterocycles. The standard InChI is InChI=1S/C14H17BrCl3N3O/c1-20-6-8-21(9-7-20)13(14(16,17)18)19-12(22)10-4-2-3-5-11(10)15/h2-5,13H,6-9H2,1H3,(H,19,22). The molecule has 1 amide bonds. The molecule has 2 rings (SSSR count). The minimum absolute atomic E-state index is 0.275. The van der Waals surface area contributed by atoms with Gasteiger partial charge in [-0.1, -0.05) is 46.9 Å². The summed E-state index contributed by atoms with van der Waals surface area (Å²) in [6.45, 7) is 3.18. The van der Waals surface area contributed by atoms with E-state index in [2.05, 4.69) is 26.1 Å². The van der Waals surface area contributed by atoms with Gasteiger partial charge in [0, 0.05) is 30.7 Å². The second-order valence-electron chi connectivity index (χ2n) is 5.24. The molecule has 1 aromatic rings. The van der Waals surface area contributed by atoms with Crippen LogP contribution >= 0.6 is 50.7 Å². The zero-order valence-electron chi connectivity index (χ0n) is 12.0. The summed E-state index contributed by atoms with van der Waals surface area (Å²) in [5, 5.41) is 2.84. The lowest BCUT2D eigenvalue weighted by molar-refractivity contribution is 0.0729. The number of rotatable bonds is 3. The number of likely N-dealkylation sites (N-methyl/N-ethyl adjacent to an activating group) is 1. The second kappa shape index (κ2) is 7.69. The average molecular weight is 430 g/mol. The Morgan fingerprint density at radius 3 is 2.36 bits per heavy atom. The van der Waals surface area contributed by atoms with E-state index in [1.807, 2.05) is 18.0 Å². The Morgan fingerprint density at radius 2 is 1.82 bits per heavy atom. The van der Waals surface area contributed by atoms with Crippen LogP contribution in [0.25, 0.3) is 0 Å². The molecule has 22 heavy (non-hydrogen) atoms. The maximum absolute atomic E-state index is 12.5. The molecule has 0 saturated carbocycles. The lowest BCUT2D eigenvalue weighted by Gasteiger charge is -2.40. The summed E-state index contributed by atoms with van der Waals surface area (Å²) in [5.74, 6) is -0.275. The summed E-state index contributed by atoms with van der Waals surface area (Å²) >= 11 is 21.6. The predicted octanol–water partition coefficient (Wildman–Crippen LogP) is 3.12. The van der Waals surface area contributed by atoms with Gasteiger partial charge < -0.3 is 10.2 Å². The molecule has 1 fully saturated rings. The highest BCUT2D eigenvalue weighted by Crippen LogP contribution is 2.33. The highest BCUT2D eigenvalue weighted by Gasteiger charge is 2.39. The van der Waals surface area contributed by atoms with E-state index in [1.54, 1.807) is 18.2 Å². The molecule has 1 atom stereocenters. The molecule has 1 aliphatic rings. The van der Waals surface area contributed by atoms with Crippen LogP contribution in [0.2, 0.25) is 0 Å². The molecular weight excluding hydrogens is 412 g/mol. The van der Waals surface area contributed by atoms with Gasteiger partial charge >= 0.3 is 0 Å². The smallest absolute Gasteiger partial charge is 0.253 e. The first-order valence-electron chi connectivity index (χ1n) is 6.84. The van der Waals surface area contributed by atoms with Crippen molar-refractivity contribution in [3.63, 3.8) is 0 Å². The van der Waals surface area contributed by atoms with Gasteiger partial charge in [-0.25, -0.2) is 0 Å². The number of hydrogen-bond acceptors (Lipinski definition) is 3. The van der Waals surface area contributed by atoms with Crippen LogP contribution in [0.15, 0.2) is 28.7 Å². The number of nitrogens with zero attached hydrogens (tertiary/aromatic N) is 2. The molecule has 1 aliphatic heterocycles. The van der Waals surface area contributed by atoms with Gasteiger partial charge in [0.25, 0.3) is 5.91 Å². The van der Waals surface area contributed by atoms with E-state index in [-0.39, 0.29) is 5.91 Å². The fraction of sp³-hybridized carbons (Fsp3) is 0.500. The molecule has 122 valence electrons. The topological polar surface area (TPSA) is 35.6 Å². The maximum atomic E-state index is 12.5. The van der Waals surface area contributed by atoms with Crippen LogP contribution in [0, 0.1) is 0 Å². The van der Waals surface area contributed by atoms with Crippen LogP contribution in [0.4, 0.5) is 0 Å². The van der Waals surface area contributed by atoms with E-state index < -0.39 is 9.96 Å². The van der Waals surface area contributed by atoms with Crippen molar-refractivity contribution in [1.29, 1.82) is 0 Å². The van der Waals surface area contributed by atoms with Crippen LogP contribution in [-0.2, 0) is 0 Å². The monoisotopic (exact) mass is 427 g/mol. The number of benzene rings is 1. The van der Waals surface area contributed by atoms with Crippen LogP contribution < -0.4 is 5.32 Å². The molecule has 4 nitrogen and oxygen atoms in total. The first-order valence-corrected chi connectivity index (χ1v) is 8.76. The van der Waals surface area contributed by atoms with Crippen LogP contribution in [-0.4, -0.2) is 58.9 Å². The Hall–Kier alpha value is -0.0400. The van der Waals surface area contributed by atoms with Gasteiger partial charge in [0.1, 0.15) is 6.17 Å². The van der Waals surface area contributed by atoms with Crippen molar-refractivity contribution in [3.05, 3.63) is 34.3 Å². The second-order valence-corrected chi connectivity index (χ2v) is 8.46. The quantitative estimate of drug-likeness (QED) is 0.750. The van der Waals surface area contributed by atoms with E-state index in [0.717, 1.165) is 26.2 Å². The van der Waals surface area contributed by atoms with E-state index in [0.29, 0.717) is 10.0 Å². The fourth-order valence-corrected chi connectivity index (χ4v) is 3.35. The summed E-state index contributed by atoms with van der Waals surface area (Å²) < 4.78 is -0.902. The Bertz CT molecular complexity index is 530. The number of amides is 1. The molecule has 0 aromatic heterocycles. The number of hydrogen-bond donors (Lipinski definition) is 1. The lowest BCUT2D eigenvalue weighted by atomic mass is 10.2. The van der Waals surface area contributed by atoms with Gasteiger partial charge in [0.2, 0.25) is 3.79 Å². The van der Waals surface area contributed by atoms with Crippen molar-refractivity contribution in [2.45, 2.75) is 9.96 Å². The third-order valence-corrected chi connectivity index (χ3v) is 4.91. The van der Waals surface area contributed by atoms with E-state index in [4.69, 9.17) is 34.8 Å². The van der Waals surface area contributed by atoms with Gasteiger partial charge in [-0.3, -0.25) is 9.69 Å². The van der Waals surface area contributed by atoms with Gasteiger partial charge in [-0.15, -0.1) is 0 Å². The molecule has 0 radical (unpaired) electrons. The third-order valence-electron chi connectivity index (χ3n) is 3.60. The van der Waals surface area contributed by atoms with Crippen LogP contribution in [0.5, 0.6) is 0 Å². The van der Waals surface area contributed by atoms with Crippen LogP contribution in [0.1, 0.15) is 10.4 Å². The van der Waals surface area contributed by atoms with Crippen molar-refractivity contribution >= 4 is 56.6 Å². The van der Waals surface area contributed by atoms with E-state index in [1.165, 1.54) is 0 Å². The Kier molecular flexibility index (Phi) is 6.39. The van der Waals surface area contributed by atoms with Crippen LogP contribution in [0.3, 0.4) is 0 Å². The first-order chi connectivity index (χ1) is 10.3. The van der Waals surface area contributed by atoms with Gasteiger partial charge in [-0.2, -0.15) is 0 Å². The Labute approximate surface area is 153 Å². The van der Waals surface area contributed by atoms with Crippen molar-refractivity contribution in [1.82, 2.24) is 15.1 Å². The summed E-state index contributed by atoms with van der Waals surface area (Å²) in [7, 11) is 2.04. The van der Waals surface area contributed by atoms with Crippen molar-refractivity contribution < 1.29 is 4.79 Å². The zero-order valence-corrected chi connectivity index (χ0v) is 15.9. The normalized spacial score (nSPS) is 19.0. The maximum Gasteiger partial charge on any atom is 0.253 e. The van der Waals surface area contributed by atoms with E-state index in [9.17, 15) is 4.79 Å². The highest BCUT2D eigenvalue weighted by atomic mass is 79.9. The van der Waals surface area contributed by atoms with Gasteiger partial charge in [-0.05, 0) is 35.1 Å². The number of piperazine rings is 1. The Balaban J connectivity index is 2.14. The summed E-state index contributed by atoms with van der Waals surface area (Å²) in [6, 6.07) is 7.15. The average Bonchev–Trinajstić information content (AvgIpc) is 2.45. The minimum Gasteiger partial charge on any atom is -0.332 e. The molecule has 0 spiro atoms. The highest BCUT2D eigenvalue weighted by molar-refractivity contribution is 9.10. The molecule has 1 N–H and O–H groups in total. The SMILES string of the molecule is CN1CCN(C(NC(=O)c2ccccc2Br)C(Cl)(Cl)Cl)CC1. The number of carbonyl (C=O) groups is 1.